The molecule has 0 bridgehead atoms. The number of morpholine rings is 1. The molecule has 0 aromatic heterocycles. The maximum absolute atomic E-state index is 9.11. The van der Waals surface area contributed by atoms with Crippen molar-refractivity contribution in [3.63, 3.8) is 0 Å². The van der Waals surface area contributed by atoms with Gasteiger partial charge in [0.1, 0.15) is 0 Å². The second kappa shape index (κ2) is 4.70. The third-order valence-electron chi connectivity index (χ3n) is 3.79. The third kappa shape index (κ3) is 2.54. The molecule has 1 aliphatic heterocycles. The van der Waals surface area contributed by atoms with Crippen molar-refractivity contribution in [1.82, 2.24) is 4.90 Å². The smallest absolute Gasteiger partial charge is 0.0933 e. The molecular formula is C12H20N2O2. The standard InChI is InChI=1S/C12H20N2O2/c1-10-8-16-11(7-15)6-14(10)9-12(2-3-12)4-5-13/h10-11,15H,2-4,6-9H2,1H3. The van der Waals surface area contributed by atoms with E-state index in [1.54, 1.807) is 0 Å². The first-order valence-corrected chi connectivity index (χ1v) is 6.02. The first-order valence-electron chi connectivity index (χ1n) is 6.02. The van der Waals surface area contributed by atoms with Crippen molar-refractivity contribution >= 4 is 0 Å². The zero-order chi connectivity index (χ0) is 11.6. The molecule has 1 saturated heterocycles. The Morgan fingerprint density at radius 3 is 2.88 bits per heavy atom. The predicted octanol–water partition coefficient (Wildman–Crippen LogP) is 0.762. The normalized spacial score (nSPS) is 33.3. The van der Waals surface area contributed by atoms with Crippen molar-refractivity contribution in [3.05, 3.63) is 0 Å². The fourth-order valence-corrected chi connectivity index (χ4v) is 2.37. The molecule has 4 heteroatoms. The molecule has 2 unspecified atom stereocenters. The van der Waals surface area contributed by atoms with E-state index >= 15 is 0 Å². The van der Waals surface area contributed by atoms with Crippen LogP contribution in [-0.2, 0) is 4.74 Å². The van der Waals surface area contributed by atoms with Gasteiger partial charge in [0, 0.05) is 25.6 Å². The van der Waals surface area contributed by atoms with E-state index < -0.39 is 0 Å². The van der Waals surface area contributed by atoms with E-state index in [-0.39, 0.29) is 18.1 Å². The van der Waals surface area contributed by atoms with Crippen LogP contribution in [0.1, 0.15) is 26.2 Å². The highest BCUT2D eigenvalue weighted by atomic mass is 16.5. The highest BCUT2D eigenvalue weighted by molar-refractivity contribution is 5.02. The highest BCUT2D eigenvalue weighted by Gasteiger charge is 2.45. The van der Waals surface area contributed by atoms with Crippen LogP contribution in [0.5, 0.6) is 0 Å². The van der Waals surface area contributed by atoms with Crippen LogP contribution in [0.25, 0.3) is 0 Å². The van der Waals surface area contributed by atoms with Gasteiger partial charge in [0.15, 0.2) is 0 Å². The Kier molecular flexibility index (Phi) is 3.48. The SMILES string of the molecule is CC1COC(CO)CN1CC1(CC#N)CC1. The lowest BCUT2D eigenvalue weighted by molar-refractivity contribution is -0.0825. The van der Waals surface area contributed by atoms with Crippen LogP contribution in [0.3, 0.4) is 0 Å². The van der Waals surface area contributed by atoms with Crippen LogP contribution in [0.15, 0.2) is 0 Å². The molecule has 1 heterocycles. The molecule has 1 N–H and O–H groups in total. The summed E-state index contributed by atoms with van der Waals surface area (Å²) < 4.78 is 5.51. The number of hydrogen-bond donors (Lipinski definition) is 1. The summed E-state index contributed by atoms with van der Waals surface area (Å²) in [5.41, 5.74) is 0.250. The number of ether oxygens (including phenoxy) is 1. The van der Waals surface area contributed by atoms with Gasteiger partial charge in [-0.15, -0.1) is 0 Å². The molecule has 0 amide bonds. The predicted molar refractivity (Wildman–Crippen MR) is 59.8 cm³/mol. The first-order chi connectivity index (χ1) is 7.69. The molecule has 90 valence electrons. The lowest BCUT2D eigenvalue weighted by Gasteiger charge is -2.39. The van der Waals surface area contributed by atoms with Crippen LogP contribution in [-0.4, -0.2) is 48.5 Å². The quantitative estimate of drug-likeness (QED) is 0.766. The number of nitrogens with zero attached hydrogens (tertiary/aromatic N) is 2. The average molecular weight is 224 g/mol. The summed E-state index contributed by atoms with van der Waals surface area (Å²) in [6, 6.07) is 2.69. The van der Waals surface area contributed by atoms with Gasteiger partial charge in [-0.25, -0.2) is 0 Å². The van der Waals surface area contributed by atoms with E-state index in [4.69, 9.17) is 15.1 Å². The summed E-state index contributed by atoms with van der Waals surface area (Å²) in [7, 11) is 0. The molecule has 1 saturated carbocycles. The van der Waals surface area contributed by atoms with Gasteiger partial charge in [-0.2, -0.15) is 5.26 Å². The van der Waals surface area contributed by atoms with E-state index in [2.05, 4.69) is 17.9 Å². The minimum absolute atomic E-state index is 0.0471. The molecule has 2 fully saturated rings. The second-order valence-corrected chi connectivity index (χ2v) is 5.25. The van der Waals surface area contributed by atoms with Crippen LogP contribution >= 0.6 is 0 Å². The fourth-order valence-electron chi connectivity index (χ4n) is 2.37. The monoisotopic (exact) mass is 224 g/mol. The minimum atomic E-state index is -0.0471. The van der Waals surface area contributed by atoms with Crippen LogP contribution in [0.2, 0.25) is 0 Å². The summed E-state index contributed by atoms with van der Waals surface area (Å²) >= 11 is 0. The number of aliphatic hydroxyl groups excluding tert-OH is 1. The highest BCUT2D eigenvalue weighted by Crippen LogP contribution is 2.49. The Bertz CT molecular complexity index is 283. The summed E-state index contributed by atoms with van der Waals surface area (Å²) in [6.45, 7) is 4.71. The molecule has 16 heavy (non-hydrogen) atoms. The Hall–Kier alpha value is -0.630. The van der Waals surface area contributed by atoms with E-state index in [9.17, 15) is 0 Å². The van der Waals surface area contributed by atoms with E-state index in [1.807, 2.05) is 0 Å². The van der Waals surface area contributed by atoms with Crippen molar-refractivity contribution in [2.75, 3.05) is 26.3 Å². The van der Waals surface area contributed by atoms with Crippen molar-refractivity contribution in [2.45, 2.75) is 38.3 Å². The van der Waals surface area contributed by atoms with Gasteiger partial charge >= 0.3 is 0 Å². The van der Waals surface area contributed by atoms with Crippen molar-refractivity contribution < 1.29 is 9.84 Å². The lowest BCUT2D eigenvalue weighted by atomic mass is 10.0. The van der Waals surface area contributed by atoms with E-state index in [0.29, 0.717) is 19.1 Å². The molecular weight excluding hydrogens is 204 g/mol. The van der Waals surface area contributed by atoms with Gasteiger partial charge < -0.3 is 9.84 Å². The number of nitriles is 1. The summed E-state index contributed by atoms with van der Waals surface area (Å²) in [6.07, 6.45) is 2.97. The molecule has 0 radical (unpaired) electrons. The molecule has 2 aliphatic rings. The molecule has 0 spiro atoms. The number of hydrogen-bond acceptors (Lipinski definition) is 4. The van der Waals surface area contributed by atoms with E-state index in [0.717, 1.165) is 13.1 Å². The minimum Gasteiger partial charge on any atom is -0.394 e. The topological polar surface area (TPSA) is 56.5 Å². The summed E-state index contributed by atoms with van der Waals surface area (Å²) in [5, 5.41) is 17.9. The molecule has 0 aromatic carbocycles. The van der Waals surface area contributed by atoms with Gasteiger partial charge in [-0.3, -0.25) is 4.90 Å². The Balaban J connectivity index is 1.90. The Labute approximate surface area is 96.8 Å². The van der Waals surface area contributed by atoms with Crippen LogP contribution < -0.4 is 0 Å². The summed E-state index contributed by atoms with van der Waals surface area (Å²) in [5.74, 6) is 0. The van der Waals surface area contributed by atoms with Crippen LogP contribution in [0.4, 0.5) is 0 Å². The molecule has 2 atom stereocenters. The van der Waals surface area contributed by atoms with Gasteiger partial charge in [0.2, 0.25) is 0 Å². The number of rotatable bonds is 4. The average Bonchev–Trinajstić information content (AvgIpc) is 3.02. The fraction of sp³-hybridized carbons (Fsp3) is 0.917. The largest absolute Gasteiger partial charge is 0.394 e. The van der Waals surface area contributed by atoms with Gasteiger partial charge in [-0.1, -0.05) is 0 Å². The zero-order valence-corrected chi connectivity index (χ0v) is 9.85. The summed E-state index contributed by atoms with van der Waals surface area (Å²) in [4.78, 5) is 2.37. The third-order valence-corrected chi connectivity index (χ3v) is 3.79. The first kappa shape index (κ1) is 11.8. The second-order valence-electron chi connectivity index (χ2n) is 5.25. The lowest BCUT2D eigenvalue weighted by Crippen LogP contribution is -2.51. The van der Waals surface area contributed by atoms with Gasteiger partial charge in [0.05, 0.1) is 25.4 Å². The Morgan fingerprint density at radius 2 is 2.31 bits per heavy atom. The molecule has 4 nitrogen and oxygen atoms in total. The molecule has 2 rings (SSSR count). The van der Waals surface area contributed by atoms with Gasteiger partial charge in [0.25, 0.3) is 0 Å². The van der Waals surface area contributed by atoms with Gasteiger partial charge in [-0.05, 0) is 25.2 Å². The zero-order valence-electron chi connectivity index (χ0n) is 9.85. The molecule has 0 aromatic rings. The van der Waals surface area contributed by atoms with Crippen molar-refractivity contribution in [2.24, 2.45) is 5.41 Å². The maximum Gasteiger partial charge on any atom is 0.0933 e. The van der Waals surface area contributed by atoms with Crippen molar-refractivity contribution in [3.8, 4) is 6.07 Å². The molecule has 1 aliphatic carbocycles. The van der Waals surface area contributed by atoms with Crippen LogP contribution in [0, 0.1) is 16.7 Å². The Morgan fingerprint density at radius 1 is 1.56 bits per heavy atom. The number of aliphatic hydroxyl groups is 1. The van der Waals surface area contributed by atoms with Crippen molar-refractivity contribution in [1.29, 1.82) is 5.26 Å². The van der Waals surface area contributed by atoms with E-state index in [1.165, 1.54) is 12.8 Å². The maximum atomic E-state index is 9.11.